The Balaban J connectivity index is 2.00. The number of carbonyl (C=O) groups excluding carboxylic acids is 2. The molecule has 0 bridgehead atoms. The molecule has 2 aromatic rings. The van der Waals surface area contributed by atoms with Crippen molar-refractivity contribution in [2.75, 3.05) is 0 Å². The Morgan fingerprint density at radius 3 is 2.72 bits per heavy atom. The fourth-order valence-corrected chi connectivity index (χ4v) is 3.65. The lowest BCUT2D eigenvalue weighted by atomic mass is 9.96. The van der Waals surface area contributed by atoms with Crippen molar-refractivity contribution >= 4 is 23.4 Å². The van der Waals surface area contributed by atoms with E-state index in [0.29, 0.717) is 16.3 Å². The smallest absolute Gasteiger partial charge is 0.315 e. The quantitative estimate of drug-likeness (QED) is 0.596. The minimum atomic E-state index is -0.309. The Morgan fingerprint density at radius 1 is 1.28 bits per heavy atom. The van der Waals surface area contributed by atoms with Crippen LogP contribution in [-0.4, -0.2) is 22.4 Å². The normalized spacial score (nSPS) is 16.6. The highest BCUT2D eigenvalue weighted by Crippen LogP contribution is 2.33. The highest BCUT2D eigenvalue weighted by atomic mass is 35.5. The molecule has 1 aliphatic heterocycles. The number of ketones is 1. The van der Waals surface area contributed by atoms with Crippen LogP contribution in [-0.2, 0) is 16.1 Å². The highest BCUT2D eigenvalue weighted by Gasteiger charge is 2.32. The van der Waals surface area contributed by atoms with Crippen LogP contribution in [0.3, 0.4) is 0 Å². The van der Waals surface area contributed by atoms with Crippen molar-refractivity contribution in [1.29, 1.82) is 0 Å². The molecule has 0 saturated carbocycles. The van der Waals surface area contributed by atoms with Gasteiger partial charge in [0.15, 0.2) is 0 Å². The van der Waals surface area contributed by atoms with E-state index in [1.807, 2.05) is 31.4 Å². The van der Waals surface area contributed by atoms with Crippen LogP contribution in [0.5, 0.6) is 0 Å². The maximum atomic E-state index is 13.0. The molecule has 1 aliphatic rings. The van der Waals surface area contributed by atoms with Gasteiger partial charge < -0.3 is 9.30 Å². The van der Waals surface area contributed by atoms with E-state index < -0.39 is 0 Å². The van der Waals surface area contributed by atoms with E-state index in [9.17, 15) is 9.59 Å². The Bertz CT molecular complexity index is 822. The van der Waals surface area contributed by atoms with Gasteiger partial charge in [0.25, 0.3) is 0 Å². The molecular weight excluding hydrogens is 338 g/mol. The van der Waals surface area contributed by atoms with Gasteiger partial charge in [-0.25, -0.2) is 0 Å². The number of halogens is 1. The zero-order valence-electron chi connectivity index (χ0n) is 14.7. The molecule has 5 heteroatoms. The second-order valence-corrected chi connectivity index (χ2v) is 7.21. The van der Waals surface area contributed by atoms with Crippen molar-refractivity contribution in [2.24, 2.45) is 0 Å². The average Bonchev–Trinajstić information content (AvgIpc) is 2.89. The molecule has 1 aromatic heterocycles. The monoisotopic (exact) mass is 359 g/mol. The van der Waals surface area contributed by atoms with E-state index >= 15 is 0 Å². The summed E-state index contributed by atoms with van der Waals surface area (Å²) in [5.74, 6) is -0.588. The largest absolute Gasteiger partial charge is 0.462 e. The van der Waals surface area contributed by atoms with Crippen molar-refractivity contribution in [3.8, 4) is 0 Å². The number of esters is 1. The summed E-state index contributed by atoms with van der Waals surface area (Å²) < 4.78 is 7.38. The van der Waals surface area contributed by atoms with E-state index in [1.54, 1.807) is 24.3 Å². The van der Waals surface area contributed by atoms with Crippen LogP contribution >= 0.6 is 11.6 Å². The molecule has 4 nitrogen and oxygen atoms in total. The van der Waals surface area contributed by atoms with Gasteiger partial charge in [0.2, 0.25) is 5.78 Å². The van der Waals surface area contributed by atoms with Crippen LogP contribution in [0.1, 0.15) is 59.9 Å². The topological polar surface area (TPSA) is 48.3 Å². The van der Waals surface area contributed by atoms with E-state index in [1.165, 1.54) is 0 Å². The summed E-state index contributed by atoms with van der Waals surface area (Å²) in [6.07, 6.45) is 1.45. The number of carbonyl (C=O) groups is 2. The maximum absolute atomic E-state index is 13.0. The zero-order chi connectivity index (χ0) is 18.1. The SMILES string of the molecule is Cc1cc2n(c1C(=O)c1cccc(Cl)c1)CCCC2C(=O)OC(C)C. The van der Waals surface area contributed by atoms with Gasteiger partial charge in [0.1, 0.15) is 0 Å². The number of fused-ring (bicyclic) bond motifs is 1. The van der Waals surface area contributed by atoms with Gasteiger partial charge >= 0.3 is 5.97 Å². The van der Waals surface area contributed by atoms with Crippen molar-refractivity contribution in [3.63, 3.8) is 0 Å². The highest BCUT2D eigenvalue weighted by molar-refractivity contribution is 6.31. The summed E-state index contributed by atoms with van der Waals surface area (Å²) in [7, 11) is 0. The Kier molecular flexibility index (Phi) is 5.00. The van der Waals surface area contributed by atoms with Crippen LogP contribution in [0.2, 0.25) is 5.02 Å². The lowest BCUT2D eigenvalue weighted by Gasteiger charge is -2.25. The van der Waals surface area contributed by atoms with Crippen LogP contribution in [0.25, 0.3) is 0 Å². The number of hydrogen-bond donors (Lipinski definition) is 0. The molecule has 25 heavy (non-hydrogen) atoms. The Hall–Kier alpha value is -2.07. The molecule has 0 fully saturated rings. The third kappa shape index (κ3) is 3.49. The first-order valence-electron chi connectivity index (χ1n) is 8.59. The van der Waals surface area contributed by atoms with Gasteiger partial charge in [-0.15, -0.1) is 0 Å². The van der Waals surface area contributed by atoms with Gasteiger partial charge in [0.05, 0.1) is 17.7 Å². The standard InChI is InChI=1S/C20H22ClNO3/c1-12(2)25-20(24)16-8-5-9-22-17(16)10-13(3)18(22)19(23)14-6-4-7-15(21)11-14/h4,6-7,10-12,16H,5,8-9H2,1-3H3. The molecular formula is C20H22ClNO3. The summed E-state index contributed by atoms with van der Waals surface area (Å²) in [6, 6.07) is 8.91. The van der Waals surface area contributed by atoms with Crippen LogP contribution in [0.15, 0.2) is 30.3 Å². The molecule has 0 spiro atoms. The Morgan fingerprint density at radius 2 is 2.04 bits per heavy atom. The molecule has 0 amide bonds. The second kappa shape index (κ2) is 7.04. The number of nitrogens with zero attached hydrogens (tertiary/aromatic N) is 1. The molecule has 2 heterocycles. The summed E-state index contributed by atoms with van der Waals surface area (Å²) in [5.41, 5.74) is 2.95. The van der Waals surface area contributed by atoms with Gasteiger partial charge in [-0.1, -0.05) is 23.7 Å². The van der Waals surface area contributed by atoms with Crippen LogP contribution < -0.4 is 0 Å². The minimum absolute atomic E-state index is 0.0656. The third-order valence-electron chi connectivity index (χ3n) is 4.49. The first-order valence-corrected chi connectivity index (χ1v) is 8.97. The molecule has 1 atom stereocenters. The van der Waals surface area contributed by atoms with Crippen LogP contribution in [0.4, 0.5) is 0 Å². The van der Waals surface area contributed by atoms with Gasteiger partial charge in [-0.2, -0.15) is 0 Å². The summed E-state index contributed by atoms with van der Waals surface area (Å²) in [4.78, 5) is 25.4. The number of aromatic nitrogens is 1. The number of ether oxygens (including phenoxy) is 1. The lowest BCUT2D eigenvalue weighted by Crippen LogP contribution is -2.27. The fourth-order valence-electron chi connectivity index (χ4n) is 3.46. The van der Waals surface area contributed by atoms with Crippen molar-refractivity contribution < 1.29 is 14.3 Å². The predicted molar refractivity (Wildman–Crippen MR) is 97.3 cm³/mol. The molecule has 132 valence electrons. The lowest BCUT2D eigenvalue weighted by molar-refractivity contribution is -0.149. The minimum Gasteiger partial charge on any atom is -0.462 e. The van der Waals surface area contributed by atoms with Gasteiger partial charge in [-0.05, 0) is 57.4 Å². The van der Waals surface area contributed by atoms with Crippen molar-refractivity contribution in [1.82, 2.24) is 4.57 Å². The van der Waals surface area contributed by atoms with Gasteiger partial charge in [0, 0.05) is 22.8 Å². The molecule has 0 N–H and O–H groups in total. The number of rotatable bonds is 4. The van der Waals surface area contributed by atoms with Gasteiger partial charge in [-0.3, -0.25) is 9.59 Å². The summed E-state index contributed by atoms with van der Waals surface area (Å²) in [5, 5.41) is 0.535. The molecule has 0 saturated heterocycles. The summed E-state index contributed by atoms with van der Waals surface area (Å²) in [6.45, 7) is 6.34. The van der Waals surface area contributed by atoms with E-state index in [0.717, 1.165) is 30.6 Å². The van der Waals surface area contributed by atoms with E-state index in [2.05, 4.69) is 0 Å². The summed E-state index contributed by atoms with van der Waals surface area (Å²) >= 11 is 6.03. The molecule has 1 unspecified atom stereocenters. The predicted octanol–water partition coefficient (Wildman–Crippen LogP) is 4.51. The van der Waals surface area contributed by atoms with E-state index in [4.69, 9.17) is 16.3 Å². The first-order chi connectivity index (χ1) is 11.9. The number of hydrogen-bond acceptors (Lipinski definition) is 3. The average molecular weight is 360 g/mol. The van der Waals surface area contributed by atoms with Crippen molar-refractivity contribution in [2.45, 2.75) is 52.2 Å². The zero-order valence-corrected chi connectivity index (χ0v) is 15.5. The molecule has 1 aromatic carbocycles. The van der Waals surface area contributed by atoms with Crippen LogP contribution in [0, 0.1) is 6.92 Å². The third-order valence-corrected chi connectivity index (χ3v) is 4.72. The first kappa shape index (κ1) is 17.7. The van der Waals surface area contributed by atoms with Crippen molar-refractivity contribution in [3.05, 3.63) is 57.9 Å². The maximum Gasteiger partial charge on any atom is 0.315 e. The molecule has 3 rings (SSSR count). The number of benzene rings is 1. The van der Waals surface area contributed by atoms with E-state index in [-0.39, 0.29) is 23.8 Å². The fraction of sp³-hybridized carbons (Fsp3) is 0.400. The molecule has 0 radical (unpaired) electrons. The molecule has 0 aliphatic carbocycles. The second-order valence-electron chi connectivity index (χ2n) is 6.77. The Labute approximate surface area is 152 Å². The number of aryl methyl sites for hydroxylation is 1.